The lowest BCUT2D eigenvalue weighted by atomic mass is 10.2. The molecule has 0 radical (unpaired) electrons. The largest absolute Gasteiger partial charge is 0.481 e. The van der Waals surface area contributed by atoms with E-state index >= 15 is 0 Å². The molecule has 0 fully saturated rings. The van der Waals surface area contributed by atoms with Gasteiger partial charge in [-0.3, -0.25) is 0 Å². The van der Waals surface area contributed by atoms with Crippen LogP contribution in [0.3, 0.4) is 0 Å². The van der Waals surface area contributed by atoms with Gasteiger partial charge in [-0.2, -0.15) is 0 Å². The summed E-state index contributed by atoms with van der Waals surface area (Å²) < 4.78 is 18.7. The fraction of sp³-hybridized carbons (Fsp3) is 0.346. The second-order valence-electron chi connectivity index (χ2n) is 7.93. The second kappa shape index (κ2) is 10.2. The maximum atomic E-state index is 12.9. The Kier molecular flexibility index (Phi) is 6.96. The van der Waals surface area contributed by atoms with Crippen LogP contribution >= 0.6 is 0 Å². The van der Waals surface area contributed by atoms with E-state index in [4.69, 9.17) is 9.73 Å². The van der Waals surface area contributed by atoms with Crippen molar-refractivity contribution in [3.8, 4) is 17.6 Å². The summed E-state index contributed by atoms with van der Waals surface area (Å²) in [4.78, 5) is 9.67. The van der Waals surface area contributed by atoms with Gasteiger partial charge in [0.15, 0.2) is 5.84 Å². The summed E-state index contributed by atoms with van der Waals surface area (Å²) in [6.45, 7) is 7.60. The summed E-state index contributed by atoms with van der Waals surface area (Å²) in [6, 6.07) is 14.1. The van der Waals surface area contributed by atoms with E-state index < -0.39 is 0 Å². The molecule has 32 heavy (non-hydrogen) atoms. The van der Waals surface area contributed by atoms with E-state index in [0.717, 1.165) is 61.0 Å². The Balaban J connectivity index is 1.38. The van der Waals surface area contributed by atoms with E-state index in [2.05, 4.69) is 47.0 Å². The van der Waals surface area contributed by atoms with E-state index in [-0.39, 0.29) is 18.6 Å². The van der Waals surface area contributed by atoms with Gasteiger partial charge in [0, 0.05) is 24.9 Å². The Morgan fingerprint density at radius 2 is 1.81 bits per heavy atom. The van der Waals surface area contributed by atoms with Crippen LogP contribution in [0.2, 0.25) is 0 Å². The van der Waals surface area contributed by atoms with Crippen LogP contribution in [-0.2, 0) is 0 Å². The standard InChI is InChI=1S/C26H29FN4O/c1-3-15-30-18-24-26(31(19-30)16-4-2)29-25(28-24)21-9-13-23(14-10-21)32-17-5-6-20-7-11-22(27)12-8-20/h7-14,18,25,28H,3-4,15-17,19H2,1-2H3. The Morgan fingerprint density at radius 3 is 2.53 bits per heavy atom. The zero-order chi connectivity index (χ0) is 22.3. The molecule has 2 heterocycles. The van der Waals surface area contributed by atoms with Gasteiger partial charge in [-0.1, -0.05) is 37.8 Å². The molecule has 1 atom stereocenters. The Bertz CT molecular complexity index is 1030. The average molecular weight is 433 g/mol. The second-order valence-corrected chi connectivity index (χ2v) is 7.93. The molecule has 0 saturated carbocycles. The first-order chi connectivity index (χ1) is 15.7. The van der Waals surface area contributed by atoms with Crippen LogP contribution in [0.15, 0.2) is 65.4 Å². The molecule has 5 nitrogen and oxygen atoms in total. The molecule has 0 saturated heterocycles. The molecule has 6 heteroatoms. The summed E-state index contributed by atoms with van der Waals surface area (Å²) >= 11 is 0. The summed E-state index contributed by atoms with van der Waals surface area (Å²) in [6.07, 6.45) is 4.32. The predicted molar refractivity (Wildman–Crippen MR) is 125 cm³/mol. The van der Waals surface area contributed by atoms with E-state index in [1.807, 2.05) is 24.3 Å². The first-order valence-corrected chi connectivity index (χ1v) is 11.2. The van der Waals surface area contributed by atoms with Crippen molar-refractivity contribution in [2.75, 3.05) is 26.4 Å². The highest BCUT2D eigenvalue weighted by atomic mass is 19.1. The van der Waals surface area contributed by atoms with E-state index in [9.17, 15) is 4.39 Å². The Labute approximate surface area is 189 Å². The van der Waals surface area contributed by atoms with Crippen LogP contribution in [-0.4, -0.2) is 42.0 Å². The number of benzene rings is 2. The number of aliphatic imine (C=N–C) groups is 1. The quantitative estimate of drug-likeness (QED) is 0.655. The highest BCUT2D eigenvalue weighted by Gasteiger charge is 2.31. The van der Waals surface area contributed by atoms with Crippen LogP contribution in [0, 0.1) is 17.7 Å². The van der Waals surface area contributed by atoms with Gasteiger partial charge in [-0.05, 0) is 54.8 Å². The molecule has 1 unspecified atom stereocenters. The first-order valence-electron chi connectivity index (χ1n) is 11.2. The molecule has 0 amide bonds. The van der Waals surface area contributed by atoms with Crippen molar-refractivity contribution in [3.63, 3.8) is 0 Å². The van der Waals surface area contributed by atoms with Gasteiger partial charge in [0.1, 0.15) is 24.3 Å². The molecule has 0 aliphatic carbocycles. The minimum Gasteiger partial charge on any atom is -0.481 e. The lowest BCUT2D eigenvalue weighted by molar-refractivity contribution is 0.235. The molecule has 2 aliphatic heterocycles. The summed E-state index contributed by atoms with van der Waals surface area (Å²) in [5.74, 6) is 7.48. The Hall–Kier alpha value is -3.46. The average Bonchev–Trinajstić information content (AvgIpc) is 3.23. The smallest absolute Gasteiger partial charge is 0.152 e. The Morgan fingerprint density at radius 1 is 1.06 bits per heavy atom. The van der Waals surface area contributed by atoms with E-state index in [0.29, 0.717) is 0 Å². The molecule has 2 aliphatic rings. The van der Waals surface area contributed by atoms with Crippen LogP contribution < -0.4 is 10.1 Å². The van der Waals surface area contributed by atoms with Crippen LogP contribution in [0.1, 0.15) is 44.0 Å². The van der Waals surface area contributed by atoms with Crippen molar-refractivity contribution in [2.24, 2.45) is 4.99 Å². The van der Waals surface area contributed by atoms with Gasteiger partial charge in [-0.15, -0.1) is 0 Å². The van der Waals surface area contributed by atoms with Crippen LogP contribution in [0.5, 0.6) is 5.75 Å². The first kappa shape index (κ1) is 21.8. The van der Waals surface area contributed by atoms with Gasteiger partial charge in [0.2, 0.25) is 0 Å². The molecule has 2 aromatic rings. The minimum atomic E-state index is -0.263. The highest BCUT2D eigenvalue weighted by molar-refractivity contribution is 6.00. The number of hydrogen-bond donors (Lipinski definition) is 1. The van der Waals surface area contributed by atoms with Crippen LogP contribution in [0.4, 0.5) is 4.39 Å². The summed E-state index contributed by atoms with van der Waals surface area (Å²) in [5, 5.41) is 3.56. The van der Waals surface area contributed by atoms with Crippen LogP contribution in [0.25, 0.3) is 0 Å². The predicted octanol–water partition coefficient (Wildman–Crippen LogP) is 4.49. The van der Waals surface area contributed by atoms with E-state index in [1.165, 1.54) is 12.1 Å². The molecule has 2 aromatic carbocycles. The molecule has 166 valence electrons. The fourth-order valence-corrected chi connectivity index (χ4v) is 3.86. The number of ether oxygens (including phenoxy) is 1. The maximum Gasteiger partial charge on any atom is 0.152 e. The lowest BCUT2D eigenvalue weighted by Gasteiger charge is -2.35. The van der Waals surface area contributed by atoms with Crippen molar-refractivity contribution in [1.29, 1.82) is 0 Å². The monoisotopic (exact) mass is 432 g/mol. The molecule has 1 N–H and O–H groups in total. The minimum absolute atomic E-state index is 0.0931. The number of halogens is 1. The lowest BCUT2D eigenvalue weighted by Crippen LogP contribution is -2.45. The molecule has 0 aromatic heterocycles. The zero-order valence-corrected chi connectivity index (χ0v) is 18.6. The number of nitrogens with zero attached hydrogens (tertiary/aromatic N) is 3. The molecule has 4 rings (SSSR count). The van der Waals surface area contributed by atoms with Gasteiger partial charge in [-0.25, -0.2) is 9.38 Å². The van der Waals surface area contributed by atoms with Gasteiger partial charge >= 0.3 is 0 Å². The highest BCUT2D eigenvalue weighted by Crippen LogP contribution is 2.28. The topological polar surface area (TPSA) is 40.1 Å². The molecular formula is C26H29FN4O. The van der Waals surface area contributed by atoms with Gasteiger partial charge in [0.05, 0.1) is 12.4 Å². The van der Waals surface area contributed by atoms with Crippen molar-refractivity contribution in [1.82, 2.24) is 15.1 Å². The normalized spacial score (nSPS) is 17.0. The zero-order valence-electron chi connectivity index (χ0n) is 18.6. The maximum absolute atomic E-state index is 12.9. The third kappa shape index (κ3) is 5.23. The van der Waals surface area contributed by atoms with Crippen molar-refractivity contribution >= 4 is 5.84 Å². The number of nitrogens with one attached hydrogen (secondary N) is 1. The number of rotatable bonds is 7. The number of hydrogen-bond acceptors (Lipinski definition) is 5. The third-order valence-electron chi connectivity index (χ3n) is 5.34. The number of fused-ring (bicyclic) bond motifs is 1. The van der Waals surface area contributed by atoms with Gasteiger partial charge < -0.3 is 19.9 Å². The fourth-order valence-electron chi connectivity index (χ4n) is 3.86. The molecule has 0 bridgehead atoms. The molecular weight excluding hydrogens is 403 g/mol. The third-order valence-corrected chi connectivity index (χ3v) is 5.34. The van der Waals surface area contributed by atoms with Gasteiger partial charge in [0.25, 0.3) is 0 Å². The van der Waals surface area contributed by atoms with E-state index in [1.54, 1.807) is 12.1 Å². The van der Waals surface area contributed by atoms with Crippen molar-refractivity contribution < 1.29 is 9.13 Å². The van der Waals surface area contributed by atoms with Crippen molar-refractivity contribution in [2.45, 2.75) is 32.9 Å². The number of amidine groups is 1. The van der Waals surface area contributed by atoms with Crippen molar-refractivity contribution in [3.05, 3.63) is 77.4 Å². The summed E-state index contributed by atoms with van der Waals surface area (Å²) in [7, 11) is 0. The molecule has 0 spiro atoms. The SMILES string of the molecule is CCCN1C=C2NC(c3ccc(OCC#Cc4ccc(F)cc4)cc3)N=C2N(CCC)C1. The summed E-state index contributed by atoms with van der Waals surface area (Å²) in [5.41, 5.74) is 2.96.